The maximum atomic E-state index is 12.6. The van der Waals surface area contributed by atoms with E-state index in [1.54, 1.807) is 24.3 Å². The summed E-state index contributed by atoms with van der Waals surface area (Å²) >= 11 is 12.2. The highest BCUT2D eigenvalue weighted by molar-refractivity contribution is 6.32. The molecule has 0 aliphatic carbocycles. The number of fused-ring (bicyclic) bond motifs is 1. The minimum atomic E-state index is -0.661. The molecule has 0 saturated heterocycles. The number of rotatable bonds is 6. The van der Waals surface area contributed by atoms with Gasteiger partial charge < -0.3 is 20.4 Å². The summed E-state index contributed by atoms with van der Waals surface area (Å²) in [6.07, 6.45) is 0.592. The lowest BCUT2D eigenvalue weighted by atomic mass is 9.93. The Labute approximate surface area is 182 Å². The molecule has 0 saturated carbocycles. The topological polar surface area (TPSA) is 100 Å². The molecule has 1 aromatic heterocycles. The van der Waals surface area contributed by atoms with Crippen LogP contribution in [0.3, 0.4) is 0 Å². The van der Waals surface area contributed by atoms with E-state index in [0.717, 1.165) is 0 Å². The molecular weight excluding hydrogens is 429 g/mol. The normalized spacial score (nSPS) is 15.7. The highest BCUT2D eigenvalue weighted by Gasteiger charge is 2.39. The number of anilines is 3. The lowest BCUT2D eigenvalue weighted by molar-refractivity contribution is 0.0941. The number of benzene rings is 1. The maximum absolute atomic E-state index is 12.6. The van der Waals surface area contributed by atoms with Gasteiger partial charge in [0.2, 0.25) is 0 Å². The van der Waals surface area contributed by atoms with Crippen LogP contribution >= 0.6 is 23.2 Å². The van der Waals surface area contributed by atoms with Gasteiger partial charge in [-0.1, -0.05) is 18.5 Å². The van der Waals surface area contributed by atoms with Crippen molar-refractivity contribution in [1.82, 2.24) is 5.32 Å². The Kier molecular flexibility index (Phi) is 4.91. The van der Waals surface area contributed by atoms with Gasteiger partial charge in [0.1, 0.15) is 17.1 Å². The number of halogens is 2. The summed E-state index contributed by atoms with van der Waals surface area (Å²) in [5, 5.41) is 9.57. The quantitative estimate of drug-likeness (QED) is 0.482. The third-order valence-electron chi connectivity index (χ3n) is 5.27. The molecule has 1 atom stereocenters. The highest BCUT2D eigenvalue weighted by Crippen LogP contribution is 2.41. The molecule has 0 radical (unpaired) electrons. The van der Waals surface area contributed by atoms with Gasteiger partial charge in [-0.3, -0.25) is 14.4 Å². The second-order valence-electron chi connectivity index (χ2n) is 7.70. The summed E-state index contributed by atoms with van der Waals surface area (Å²) in [7, 11) is 0. The monoisotopic (exact) mass is 447 g/mol. The van der Waals surface area contributed by atoms with Gasteiger partial charge in [0.15, 0.2) is 5.22 Å². The predicted molar refractivity (Wildman–Crippen MR) is 117 cm³/mol. The van der Waals surface area contributed by atoms with Crippen molar-refractivity contribution in [3.8, 4) is 0 Å². The van der Waals surface area contributed by atoms with Crippen LogP contribution in [-0.2, 0) is 5.54 Å². The molecule has 0 unspecified atom stereocenters. The zero-order valence-electron chi connectivity index (χ0n) is 16.5. The van der Waals surface area contributed by atoms with Crippen LogP contribution in [0, 0.1) is 0 Å². The summed E-state index contributed by atoms with van der Waals surface area (Å²) in [6.45, 7) is 5.60. The van der Waals surface area contributed by atoms with Crippen LogP contribution < -0.4 is 26.8 Å². The van der Waals surface area contributed by atoms with E-state index in [1.165, 1.54) is 0 Å². The van der Waals surface area contributed by atoms with Crippen molar-refractivity contribution in [2.24, 2.45) is 0 Å². The molecule has 3 N–H and O–H groups in total. The van der Waals surface area contributed by atoms with Gasteiger partial charge in [-0.05, 0) is 56.1 Å². The summed E-state index contributed by atoms with van der Waals surface area (Å²) in [5.74, 6) is 0.250. The van der Waals surface area contributed by atoms with Crippen LogP contribution in [0.1, 0.15) is 54.9 Å². The molecule has 1 aliphatic heterocycles. The van der Waals surface area contributed by atoms with E-state index < -0.39 is 16.4 Å². The number of amides is 1. The van der Waals surface area contributed by atoms with Crippen LogP contribution in [-0.4, -0.2) is 5.91 Å². The Morgan fingerprint density at radius 3 is 2.40 bits per heavy atom. The van der Waals surface area contributed by atoms with Gasteiger partial charge in [0, 0.05) is 10.6 Å². The number of carbonyl (C=O) groups is 1. The smallest absolute Gasteiger partial charge is 0.254 e. The molecule has 4 rings (SSSR count). The Balaban J connectivity index is 1.70. The largest absolute Gasteiger partial charge is 0.448 e. The molecule has 156 valence electrons. The minimum absolute atomic E-state index is 0.0955. The van der Waals surface area contributed by atoms with E-state index in [2.05, 4.69) is 16.0 Å². The first-order valence-corrected chi connectivity index (χ1v) is 10.2. The van der Waals surface area contributed by atoms with Crippen molar-refractivity contribution in [3.63, 3.8) is 0 Å². The van der Waals surface area contributed by atoms with Gasteiger partial charge in [0.25, 0.3) is 16.8 Å². The highest BCUT2D eigenvalue weighted by atomic mass is 35.5. The van der Waals surface area contributed by atoms with Crippen LogP contribution in [0.25, 0.3) is 0 Å². The zero-order chi connectivity index (χ0) is 21.8. The van der Waals surface area contributed by atoms with Crippen molar-refractivity contribution >= 4 is 46.2 Å². The minimum Gasteiger partial charge on any atom is -0.448 e. The predicted octanol–water partition coefficient (Wildman–Crippen LogP) is 4.47. The van der Waals surface area contributed by atoms with E-state index in [-0.39, 0.29) is 28.5 Å². The van der Waals surface area contributed by atoms with Crippen LogP contribution in [0.4, 0.5) is 17.1 Å². The molecule has 0 spiro atoms. The first-order chi connectivity index (χ1) is 14.1. The molecule has 9 heteroatoms. The second kappa shape index (κ2) is 7.18. The first-order valence-electron chi connectivity index (χ1n) is 9.41. The van der Waals surface area contributed by atoms with Crippen molar-refractivity contribution in [1.29, 1.82) is 0 Å². The van der Waals surface area contributed by atoms with E-state index in [1.807, 2.05) is 20.8 Å². The average Bonchev–Trinajstić information content (AvgIpc) is 3.23. The lowest BCUT2D eigenvalue weighted by Gasteiger charge is -2.22. The molecule has 0 bridgehead atoms. The number of nitrogens with one attached hydrogen (secondary N) is 3. The Morgan fingerprint density at radius 2 is 1.77 bits per heavy atom. The van der Waals surface area contributed by atoms with Crippen LogP contribution in [0.5, 0.6) is 0 Å². The SMILES string of the molecule is CC[C@@H](Nc1c(Nc2ccc(Cl)c3c2C(=O)NC3(C)C)c(=O)c1=O)c1ccc(Cl)o1. The average molecular weight is 448 g/mol. The number of carbonyl (C=O) groups excluding carboxylic acids is 1. The number of hydrogen-bond donors (Lipinski definition) is 3. The van der Waals surface area contributed by atoms with Crippen molar-refractivity contribution < 1.29 is 9.21 Å². The standard InChI is InChI=1S/C21H19Cl2N3O4/c1-4-10(12-7-8-13(23)30-12)24-16-17(19(28)18(16)27)25-11-6-5-9(22)15-14(11)20(29)26-21(15,2)3/h5-8,10,24-25H,4H2,1-3H3,(H,26,29)/t10-/m1/s1. The fourth-order valence-electron chi connectivity index (χ4n) is 3.78. The van der Waals surface area contributed by atoms with Crippen LogP contribution in [0.2, 0.25) is 10.2 Å². The zero-order valence-corrected chi connectivity index (χ0v) is 18.0. The third-order valence-corrected chi connectivity index (χ3v) is 5.78. The molecule has 2 aromatic carbocycles. The Morgan fingerprint density at radius 1 is 1.07 bits per heavy atom. The van der Waals surface area contributed by atoms with E-state index >= 15 is 0 Å². The second-order valence-corrected chi connectivity index (χ2v) is 8.48. The maximum Gasteiger partial charge on any atom is 0.254 e. The van der Waals surface area contributed by atoms with Crippen molar-refractivity contribution in [3.05, 3.63) is 71.8 Å². The van der Waals surface area contributed by atoms with E-state index in [9.17, 15) is 14.4 Å². The van der Waals surface area contributed by atoms with Gasteiger partial charge in [0.05, 0.1) is 22.8 Å². The molecule has 30 heavy (non-hydrogen) atoms. The molecule has 1 amide bonds. The first kappa shape index (κ1) is 20.5. The summed E-state index contributed by atoms with van der Waals surface area (Å²) in [5.41, 5.74) is -0.307. The van der Waals surface area contributed by atoms with Gasteiger partial charge in [-0.2, -0.15) is 0 Å². The van der Waals surface area contributed by atoms with Gasteiger partial charge in [-0.25, -0.2) is 0 Å². The van der Waals surface area contributed by atoms with Gasteiger partial charge in [-0.15, -0.1) is 0 Å². The summed E-state index contributed by atoms with van der Waals surface area (Å²) in [6, 6.07) is 6.25. The summed E-state index contributed by atoms with van der Waals surface area (Å²) < 4.78 is 5.43. The fourth-order valence-corrected chi connectivity index (χ4v) is 4.33. The van der Waals surface area contributed by atoms with E-state index in [0.29, 0.717) is 34.0 Å². The van der Waals surface area contributed by atoms with E-state index in [4.69, 9.17) is 27.6 Å². The van der Waals surface area contributed by atoms with Crippen LogP contribution in [0.15, 0.2) is 38.3 Å². The number of hydrogen-bond acceptors (Lipinski definition) is 6. The van der Waals surface area contributed by atoms with Gasteiger partial charge >= 0.3 is 0 Å². The lowest BCUT2D eigenvalue weighted by Crippen LogP contribution is -2.37. The fraction of sp³-hybridized carbons (Fsp3) is 0.286. The molecule has 1 aliphatic rings. The van der Waals surface area contributed by atoms with Crippen molar-refractivity contribution in [2.45, 2.75) is 38.8 Å². The molecule has 3 aromatic rings. The molecular formula is C21H19Cl2N3O4. The summed E-state index contributed by atoms with van der Waals surface area (Å²) in [4.78, 5) is 37.1. The third kappa shape index (κ3) is 3.18. The molecule has 7 nitrogen and oxygen atoms in total. The Bertz CT molecular complexity index is 1240. The molecule has 2 heterocycles. The number of furan rings is 1. The molecule has 0 fully saturated rings. The van der Waals surface area contributed by atoms with Crippen molar-refractivity contribution in [2.75, 3.05) is 10.6 Å². The Hall–Kier alpha value is -2.77.